The largest absolute Gasteiger partial charge is 0.280 e. The zero-order valence-electron chi connectivity index (χ0n) is 15.8. The first-order chi connectivity index (χ1) is 13.0. The Morgan fingerprint density at radius 2 is 1.33 bits per heavy atom. The SMILES string of the molecule is Cc1ccc(S(=O)(=O)Nc2ccc(C3C4CC5CC(C4)CC3C5)cc2)cc1. The van der Waals surface area contributed by atoms with Crippen molar-refractivity contribution in [3.8, 4) is 0 Å². The predicted molar refractivity (Wildman–Crippen MR) is 108 cm³/mol. The van der Waals surface area contributed by atoms with E-state index in [1.165, 1.54) is 37.7 Å². The highest BCUT2D eigenvalue weighted by atomic mass is 32.2. The van der Waals surface area contributed by atoms with E-state index in [9.17, 15) is 8.42 Å². The third-order valence-corrected chi connectivity index (χ3v) is 8.50. The fourth-order valence-electron chi connectivity index (χ4n) is 6.17. The van der Waals surface area contributed by atoms with Crippen molar-refractivity contribution >= 4 is 15.7 Å². The van der Waals surface area contributed by atoms with E-state index in [2.05, 4.69) is 16.9 Å². The van der Waals surface area contributed by atoms with E-state index < -0.39 is 10.0 Å². The molecule has 0 aliphatic heterocycles. The van der Waals surface area contributed by atoms with Crippen molar-refractivity contribution in [2.45, 2.75) is 49.8 Å². The lowest BCUT2D eigenvalue weighted by atomic mass is 9.51. The summed E-state index contributed by atoms with van der Waals surface area (Å²) < 4.78 is 27.9. The quantitative estimate of drug-likeness (QED) is 0.777. The molecule has 0 saturated heterocycles. The maximum Gasteiger partial charge on any atom is 0.261 e. The van der Waals surface area contributed by atoms with Gasteiger partial charge in [-0.2, -0.15) is 0 Å². The molecule has 0 amide bonds. The molecule has 0 heterocycles. The van der Waals surface area contributed by atoms with Gasteiger partial charge in [0.05, 0.1) is 4.90 Å². The molecular formula is C23H27NO2S. The summed E-state index contributed by atoms with van der Waals surface area (Å²) in [6, 6.07) is 15.1. The van der Waals surface area contributed by atoms with Crippen LogP contribution in [0.25, 0.3) is 0 Å². The number of hydrogen-bond acceptors (Lipinski definition) is 2. The molecule has 4 heteroatoms. The van der Waals surface area contributed by atoms with Crippen LogP contribution in [0, 0.1) is 30.6 Å². The lowest BCUT2D eigenvalue weighted by Gasteiger charge is -2.54. The molecule has 4 saturated carbocycles. The Balaban J connectivity index is 1.34. The van der Waals surface area contributed by atoms with Crippen LogP contribution in [-0.2, 0) is 10.0 Å². The first-order valence-electron chi connectivity index (χ1n) is 10.2. The third kappa shape index (κ3) is 3.18. The van der Waals surface area contributed by atoms with E-state index in [1.54, 1.807) is 12.1 Å². The maximum atomic E-state index is 12.6. The summed E-state index contributed by atoms with van der Waals surface area (Å²) in [4.78, 5) is 0.304. The summed E-state index contributed by atoms with van der Waals surface area (Å²) in [5, 5.41) is 0. The fraction of sp³-hybridized carbons (Fsp3) is 0.478. The fourth-order valence-corrected chi connectivity index (χ4v) is 7.23. The summed E-state index contributed by atoms with van der Waals surface area (Å²) in [6.07, 6.45) is 7.08. The van der Waals surface area contributed by atoms with Gasteiger partial charge in [-0.15, -0.1) is 0 Å². The summed E-state index contributed by atoms with van der Waals surface area (Å²) in [7, 11) is -3.53. The minimum absolute atomic E-state index is 0.304. The van der Waals surface area contributed by atoms with Gasteiger partial charge in [-0.3, -0.25) is 4.72 Å². The second-order valence-electron chi connectivity index (χ2n) is 9.00. The molecule has 6 rings (SSSR count). The first kappa shape index (κ1) is 17.3. The first-order valence-corrected chi connectivity index (χ1v) is 11.7. The number of hydrogen-bond donors (Lipinski definition) is 1. The van der Waals surface area contributed by atoms with E-state index in [-0.39, 0.29) is 0 Å². The number of aryl methyl sites for hydroxylation is 1. The van der Waals surface area contributed by atoms with Gasteiger partial charge in [0.25, 0.3) is 10.0 Å². The Morgan fingerprint density at radius 1 is 0.778 bits per heavy atom. The van der Waals surface area contributed by atoms with Gasteiger partial charge in [-0.1, -0.05) is 29.8 Å². The molecule has 0 aromatic heterocycles. The molecule has 0 spiro atoms. The molecule has 4 bridgehead atoms. The number of nitrogens with one attached hydrogen (secondary N) is 1. The monoisotopic (exact) mass is 381 g/mol. The van der Waals surface area contributed by atoms with Gasteiger partial charge in [-0.25, -0.2) is 8.42 Å². The topological polar surface area (TPSA) is 46.2 Å². The van der Waals surface area contributed by atoms with Gasteiger partial charge in [0.2, 0.25) is 0 Å². The van der Waals surface area contributed by atoms with Crippen LogP contribution < -0.4 is 4.72 Å². The lowest BCUT2D eigenvalue weighted by molar-refractivity contribution is -0.00277. The zero-order valence-corrected chi connectivity index (χ0v) is 16.6. The van der Waals surface area contributed by atoms with Gasteiger partial charge in [0, 0.05) is 5.69 Å². The minimum atomic E-state index is -3.53. The van der Waals surface area contributed by atoms with Crippen LogP contribution in [0.5, 0.6) is 0 Å². The number of anilines is 1. The Labute approximate surface area is 162 Å². The van der Waals surface area contributed by atoms with Crippen LogP contribution >= 0.6 is 0 Å². The molecule has 4 fully saturated rings. The Morgan fingerprint density at radius 3 is 1.89 bits per heavy atom. The van der Waals surface area contributed by atoms with Crippen LogP contribution in [0.15, 0.2) is 53.4 Å². The predicted octanol–water partition coefficient (Wildman–Crippen LogP) is 5.34. The van der Waals surface area contributed by atoms with Gasteiger partial charge >= 0.3 is 0 Å². The molecule has 4 aliphatic rings. The Hall–Kier alpha value is -1.81. The minimum Gasteiger partial charge on any atom is -0.280 e. The van der Waals surface area contributed by atoms with Crippen LogP contribution in [0.4, 0.5) is 5.69 Å². The second-order valence-corrected chi connectivity index (χ2v) is 10.7. The number of rotatable bonds is 4. The molecule has 142 valence electrons. The highest BCUT2D eigenvalue weighted by molar-refractivity contribution is 7.92. The van der Waals surface area contributed by atoms with Gasteiger partial charge in [-0.05, 0) is 98.4 Å². The highest BCUT2D eigenvalue weighted by Gasteiger charge is 2.48. The van der Waals surface area contributed by atoms with Crippen molar-refractivity contribution in [1.82, 2.24) is 0 Å². The summed E-state index contributed by atoms with van der Waals surface area (Å²) in [6.45, 7) is 1.95. The molecule has 0 unspecified atom stereocenters. The van der Waals surface area contributed by atoms with E-state index >= 15 is 0 Å². The molecule has 3 nitrogen and oxygen atoms in total. The second kappa shape index (κ2) is 6.37. The smallest absolute Gasteiger partial charge is 0.261 e. The van der Waals surface area contributed by atoms with Gasteiger partial charge < -0.3 is 0 Å². The molecule has 27 heavy (non-hydrogen) atoms. The summed E-state index contributed by atoms with van der Waals surface area (Å²) in [5.74, 6) is 4.32. The van der Waals surface area contributed by atoms with E-state index in [1.807, 2.05) is 31.2 Å². The van der Waals surface area contributed by atoms with Crippen LogP contribution in [-0.4, -0.2) is 8.42 Å². The Kier molecular flexibility index (Phi) is 4.08. The average Bonchev–Trinajstić information content (AvgIpc) is 2.62. The van der Waals surface area contributed by atoms with Crippen molar-refractivity contribution < 1.29 is 8.42 Å². The lowest BCUT2D eigenvalue weighted by Crippen LogP contribution is -2.43. The molecule has 2 aromatic carbocycles. The van der Waals surface area contributed by atoms with Crippen molar-refractivity contribution in [3.63, 3.8) is 0 Å². The molecule has 2 aromatic rings. The normalized spacial score (nSPS) is 31.8. The van der Waals surface area contributed by atoms with Crippen molar-refractivity contribution in [3.05, 3.63) is 59.7 Å². The molecular weight excluding hydrogens is 354 g/mol. The highest BCUT2D eigenvalue weighted by Crippen LogP contribution is 2.59. The van der Waals surface area contributed by atoms with Crippen LogP contribution in [0.2, 0.25) is 0 Å². The molecule has 1 N–H and O–H groups in total. The van der Waals surface area contributed by atoms with Crippen LogP contribution in [0.3, 0.4) is 0 Å². The average molecular weight is 382 g/mol. The van der Waals surface area contributed by atoms with Crippen molar-refractivity contribution in [2.24, 2.45) is 23.7 Å². The van der Waals surface area contributed by atoms with E-state index in [0.29, 0.717) is 16.5 Å². The van der Waals surface area contributed by atoms with Crippen molar-refractivity contribution in [1.29, 1.82) is 0 Å². The maximum absolute atomic E-state index is 12.6. The standard InChI is InChI=1S/C23H27NO2S/c1-15-2-8-22(9-3-15)27(25,26)24-21-6-4-18(5-7-21)23-19-11-16-10-17(13-19)14-20(23)12-16/h2-9,16-17,19-20,23-24H,10-14H2,1H3. The summed E-state index contributed by atoms with van der Waals surface area (Å²) >= 11 is 0. The summed E-state index contributed by atoms with van der Waals surface area (Å²) in [5.41, 5.74) is 3.10. The molecule has 0 radical (unpaired) electrons. The zero-order chi connectivity index (χ0) is 18.6. The third-order valence-electron chi connectivity index (χ3n) is 7.11. The van der Waals surface area contributed by atoms with Crippen LogP contribution in [0.1, 0.15) is 49.1 Å². The molecule has 0 atom stereocenters. The van der Waals surface area contributed by atoms with Crippen molar-refractivity contribution in [2.75, 3.05) is 4.72 Å². The van der Waals surface area contributed by atoms with E-state index in [0.717, 1.165) is 29.2 Å². The molecule has 4 aliphatic carbocycles. The number of sulfonamides is 1. The number of benzene rings is 2. The van der Waals surface area contributed by atoms with E-state index in [4.69, 9.17) is 0 Å². The van der Waals surface area contributed by atoms with Gasteiger partial charge in [0.1, 0.15) is 0 Å². The van der Waals surface area contributed by atoms with Gasteiger partial charge in [0.15, 0.2) is 0 Å². The Bertz CT molecular complexity index is 903.